The van der Waals surface area contributed by atoms with E-state index in [1.54, 1.807) is 36.2 Å². The number of benzene rings is 1. The van der Waals surface area contributed by atoms with Gasteiger partial charge in [-0.3, -0.25) is 19.2 Å². The third-order valence-electron chi connectivity index (χ3n) is 6.66. The minimum atomic E-state index is -1.06. The maximum Gasteiger partial charge on any atom is 0.255 e. The summed E-state index contributed by atoms with van der Waals surface area (Å²) < 4.78 is 5.85. The van der Waals surface area contributed by atoms with E-state index in [-0.39, 0.29) is 36.3 Å². The van der Waals surface area contributed by atoms with Crippen LogP contribution >= 0.6 is 0 Å². The molecule has 2 heterocycles. The van der Waals surface area contributed by atoms with Gasteiger partial charge in [0.2, 0.25) is 17.7 Å². The highest BCUT2D eigenvalue weighted by Gasteiger charge is 2.33. The molecule has 10 heteroatoms. The predicted molar refractivity (Wildman–Crippen MR) is 136 cm³/mol. The zero-order valence-corrected chi connectivity index (χ0v) is 21.8. The lowest BCUT2D eigenvalue weighted by molar-refractivity contribution is -0.138. The molecule has 0 aliphatic carbocycles. The molecule has 2 aliphatic heterocycles. The first-order chi connectivity index (χ1) is 17.2. The summed E-state index contributed by atoms with van der Waals surface area (Å²) in [6.45, 7) is 9.95. The van der Waals surface area contributed by atoms with Crippen LogP contribution in [0.4, 0.5) is 0 Å². The van der Waals surface area contributed by atoms with Crippen molar-refractivity contribution in [1.82, 2.24) is 25.3 Å². The van der Waals surface area contributed by atoms with Crippen LogP contribution < -0.4 is 15.4 Å². The Morgan fingerprint density at radius 3 is 2.42 bits per heavy atom. The number of hydrogen-bond donors (Lipinski definition) is 2. The molecule has 1 aromatic carbocycles. The van der Waals surface area contributed by atoms with E-state index >= 15 is 0 Å². The molecule has 3 rings (SSSR count). The summed E-state index contributed by atoms with van der Waals surface area (Å²) >= 11 is 0. The molecule has 1 saturated heterocycles. The largest absolute Gasteiger partial charge is 0.491 e. The van der Waals surface area contributed by atoms with Crippen molar-refractivity contribution < 1.29 is 23.9 Å². The zero-order chi connectivity index (χ0) is 26.2. The standard InChI is InChI=1S/C26H39N5O5/c1-5-30-10-12-31(13-11-30)26(35)21-17-23(32)27-20(16-18(2)3)25(34)29(4)14-15-36-22-9-7-6-8-19(22)24(33)28-21/h6-9,18,20-21H,5,10-17H2,1-4H3,(H,27,32)(H,28,33)/t20-,21+/m1/s1. The Labute approximate surface area is 213 Å². The number of carbonyl (C=O) groups excluding carboxylic acids is 4. The number of ether oxygens (including phenoxy) is 1. The van der Waals surface area contributed by atoms with E-state index in [1.165, 1.54) is 4.90 Å². The first kappa shape index (κ1) is 27.4. The van der Waals surface area contributed by atoms with Gasteiger partial charge >= 0.3 is 0 Å². The van der Waals surface area contributed by atoms with E-state index in [9.17, 15) is 19.2 Å². The average molecular weight is 502 g/mol. The van der Waals surface area contributed by atoms with Crippen molar-refractivity contribution in [2.24, 2.45) is 5.92 Å². The number of fused-ring (bicyclic) bond motifs is 1. The smallest absolute Gasteiger partial charge is 0.255 e. The van der Waals surface area contributed by atoms with E-state index < -0.39 is 23.9 Å². The van der Waals surface area contributed by atoms with Gasteiger partial charge in [0.1, 0.15) is 24.4 Å². The summed E-state index contributed by atoms with van der Waals surface area (Å²) in [5.41, 5.74) is 0.273. The number of rotatable bonds is 4. The lowest BCUT2D eigenvalue weighted by atomic mass is 10.0. The van der Waals surface area contributed by atoms with Gasteiger partial charge in [-0.15, -0.1) is 0 Å². The maximum atomic E-state index is 13.5. The van der Waals surface area contributed by atoms with Gasteiger partial charge in [-0.1, -0.05) is 32.9 Å². The number of amides is 4. The summed E-state index contributed by atoms with van der Waals surface area (Å²) in [4.78, 5) is 58.4. The topological polar surface area (TPSA) is 111 Å². The molecule has 0 spiro atoms. The van der Waals surface area contributed by atoms with E-state index in [4.69, 9.17) is 4.74 Å². The van der Waals surface area contributed by atoms with E-state index in [0.717, 1.165) is 19.6 Å². The van der Waals surface area contributed by atoms with Crippen molar-refractivity contribution in [3.05, 3.63) is 29.8 Å². The molecule has 0 unspecified atom stereocenters. The first-order valence-electron chi connectivity index (χ1n) is 12.8. The monoisotopic (exact) mass is 501 g/mol. The first-order valence-corrected chi connectivity index (χ1v) is 12.8. The van der Waals surface area contributed by atoms with Crippen molar-refractivity contribution in [2.75, 3.05) is 52.9 Å². The quantitative estimate of drug-likeness (QED) is 0.629. The fraction of sp³-hybridized carbons (Fsp3) is 0.615. The van der Waals surface area contributed by atoms with Crippen molar-refractivity contribution in [3.8, 4) is 5.75 Å². The highest BCUT2D eigenvalue weighted by Crippen LogP contribution is 2.19. The van der Waals surface area contributed by atoms with Gasteiger partial charge in [-0.2, -0.15) is 0 Å². The Bertz CT molecular complexity index is 944. The molecule has 2 atom stereocenters. The van der Waals surface area contributed by atoms with Crippen LogP contribution in [0, 0.1) is 5.92 Å². The van der Waals surface area contributed by atoms with Gasteiger partial charge in [-0.05, 0) is 31.0 Å². The van der Waals surface area contributed by atoms with Crippen LogP contribution in [0.1, 0.15) is 44.0 Å². The average Bonchev–Trinajstić information content (AvgIpc) is 2.86. The molecule has 198 valence electrons. The van der Waals surface area contributed by atoms with Crippen molar-refractivity contribution in [2.45, 2.75) is 45.7 Å². The lowest BCUT2D eigenvalue weighted by Crippen LogP contribution is -2.56. The third-order valence-corrected chi connectivity index (χ3v) is 6.66. The van der Waals surface area contributed by atoms with Gasteiger partial charge < -0.3 is 30.1 Å². The molecule has 1 aromatic rings. The number of carbonyl (C=O) groups is 4. The number of nitrogens with zero attached hydrogens (tertiary/aromatic N) is 3. The number of nitrogens with one attached hydrogen (secondary N) is 2. The zero-order valence-electron chi connectivity index (χ0n) is 21.8. The minimum Gasteiger partial charge on any atom is -0.491 e. The molecule has 10 nitrogen and oxygen atoms in total. The van der Waals surface area contributed by atoms with E-state index in [0.29, 0.717) is 31.8 Å². The summed E-state index contributed by atoms with van der Waals surface area (Å²) in [7, 11) is 1.66. The molecule has 2 aliphatic rings. The van der Waals surface area contributed by atoms with Gasteiger partial charge in [-0.25, -0.2) is 0 Å². The number of para-hydroxylation sites is 1. The van der Waals surface area contributed by atoms with Crippen molar-refractivity contribution in [3.63, 3.8) is 0 Å². The molecule has 36 heavy (non-hydrogen) atoms. The fourth-order valence-corrected chi connectivity index (χ4v) is 4.52. The van der Waals surface area contributed by atoms with Crippen molar-refractivity contribution >= 4 is 23.6 Å². The second-order valence-corrected chi connectivity index (χ2v) is 9.84. The van der Waals surface area contributed by atoms with Gasteiger partial charge in [0, 0.05) is 33.2 Å². The molecule has 0 saturated carbocycles. The summed E-state index contributed by atoms with van der Waals surface area (Å²) in [5.74, 6) is -0.920. The second-order valence-electron chi connectivity index (χ2n) is 9.84. The van der Waals surface area contributed by atoms with Crippen molar-refractivity contribution in [1.29, 1.82) is 0 Å². The summed E-state index contributed by atoms with van der Waals surface area (Å²) in [6.07, 6.45) is 0.204. The van der Waals surface area contributed by atoms with Gasteiger partial charge in [0.05, 0.1) is 18.5 Å². The normalized spacial score (nSPS) is 22.9. The molecule has 0 radical (unpaired) electrons. The Morgan fingerprint density at radius 2 is 1.75 bits per heavy atom. The summed E-state index contributed by atoms with van der Waals surface area (Å²) in [5, 5.41) is 5.59. The lowest BCUT2D eigenvalue weighted by Gasteiger charge is -2.36. The van der Waals surface area contributed by atoms with Crippen LogP contribution in [-0.2, 0) is 14.4 Å². The molecule has 2 N–H and O–H groups in total. The van der Waals surface area contributed by atoms with E-state index in [2.05, 4.69) is 22.5 Å². The third kappa shape index (κ3) is 7.19. The Kier molecular flexibility index (Phi) is 9.69. The minimum absolute atomic E-state index is 0.168. The van der Waals surface area contributed by atoms with Gasteiger partial charge in [0.15, 0.2) is 0 Å². The number of likely N-dealkylation sites (N-methyl/N-ethyl adjacent to an activating group) is 2. The molecule has 0 aromatic heterocycles. The fourth-order valence-electron chi connectivity index (χ4n) is 4.52. The highest BCUT2D eigenvalue weighted by atomic mass is 16.5. The van der Waals surface area contributed by atoms with E-state index in [1.807, 2.05) is 13.8 Å². The number of piperazine rings is 1. The molecular formula is C26H39N5O5. The molecular weight excluding hydrogens is 462 g/mol. The molecule has 0 bridgehead atoms. The van der Waals surface area contributed by atoms with Crippen LogP contribution in [0.25, 0.3) is 0 Å². The number of hydrogen-bond acceptors (Lipinski definition) is 6. The SMILES string of the molecule is CCN1CCN(C(=O)[C@@H]2CC(=O)N[C@H](CC(C)C)C(=O)N(C)CCOc3ccccc3C(=O)N2)CC1. The predicted octanol–water partition coefficient (Wildman–Crippen LogP) is 0.721. The summed E-state index contributed by atoms with van der Waals surface area (Å²) in [6, 6.07) is 4.98. The molecule has 4 amide bonds. The van der Waals surface area contributed by atoms with Gasteiger partial charge in [0.25, 0.3) is 5.91 Å². The van der Waals surface area contributed by atoms with Crippen LogP contribution in [0.3, 0.4) is 0 Å². The van der Waals surface area contributed by atoms with Crippen LogP contribution in [0.5, 0.6) is 5.75 Å². The highest BCUT2D eigenvalue weighted by molar-refractivity contribution is 6.01. The van der Waals surface area contributed by atoms with Crippen LogP contribution in [-0.4, -0.2) is 103 Å². The molecule has 1 fully saturated rings. The van der Waals surface area contributed by atoms with Crippen LogP contribution in [0.15, 0.2) is 24.3 Å². The Balaban J connectivity index is 1.89. The Morgan fingerprint density at radius 1 is 1.06 bits per heavy atom. The maximum absolute atomic E-state index is 13.5. The van der Waals surface area contributed by atoms with Crippen LogP contribution in [0.2, 0.25) is 0 Å². The second kappa shape index (κ2) is 12.7. The Hall–Kier alpha value is -3.14.